The SMILES string of the molecule is CS(=O)(=O)c1ccc(N2CCC(COc3ccnc(C(N)=O)c3)CC2)cc1. The highest BCUT2D eigenvalue weighted by Crippen LogP contribution is 2.25. The lowest BCUT2D eigenvalue weighted by molar-refractivity contribution is 0.0995. The lowest BCUT2D eigenvalue weighted by atomic mass is 9.97. The monoisotopic (exact) mass is 389 g/mol. The van der Waals surface area contributed by atoms with Crippen molar-refractivity contribution in [2.75, 3.05) is 30.9 Å². The van der Waals surface area contributed by atoms with Crippen LogP contribution in [0.1, 0.15) is 23.3 Å². The highest BCUT2D eigenvalue weighted by atomic mass is 32.2. The van der Waals surface area contributed by atoms with Crippen LogP contribution in [0.4, 0.5) is 5.69 Å². The molecule has 1 fully saturated rings. The standard InChI is InChI=1S/C19H23N3O4S/c1-27(24,25)17-4-2-15(3-5-17)22-10-7-14(8-11-22)13-26-16-6-9-21-18(12-16)19(20)23/h2-6,9,12,14H,7-8,10-11,13H2,1H3,(H2,20,23). The van der Waals surface area contributed by atoms with Gasteiger partial charge in [0.25, 0.3) is 5.91 Å². The van der Waals surface area contributed by atoms with Crippen molar-refractivity contribution in [3.63, 3.8) is 0 Å². The summed E-state index contributed by atoms with van der Waals surface area (Å²) in [4.78, 5) is 17.7. The summed E-state index contributed by atoms with van der Waals surface area (Å²) in [5.41, 5.74) is 6.45. The lowest BCUT2D eigenvalue weighted by Gasteiger charge is -2.33. The van der Waals surface area contributed by atoms with E-state index in [2.05, 4.69) is 9.88 Å². The van der Waals surface area contributed by atoms with E-state index in [1.54, 1.807) is 24.3 Å². The van der Waals surface area contributed by atoms with E-state index in [1.807, 2.05) is 12.1 Å². The summed E-state index contributed by atoms with van der Waals surface area (Å²) in [6, 6.07) is 10.3. The van der Waals surface area contributed by atoms with Crippen molar-refractivity contribution in [1.29, 1.82) is 0 Å². The maximum atomic E-state index is 11.6. The highest BCUT2D eigenvalue weighted by molar-refractivity contribution is 7.90. The van der Waals surface area contributed by atoms with Crippen molar-refractivity contribution in [3.8, 4) is 5.75 Å². The first kappa shape index (κ1) is 19.2. The maximum Gasteiger partial charge on any atom is 0.267 e. The van der Waals surface area contributed by atoms with E-state index < -0.39 is 15.7 Å². The predicted molar refractivity (Wildman–Crippen MR) is 103 cm³/mol. The van der Waals surface area contributed by atoms with Gasteiger partial charge in [-0.15, -0.1) is 0 Å². The van der Waals surface area contributed by atoms with E-state index in [4.69, 9.17) is 10.5 Å². The van der Waals surface area contributed by atoms with Gasteiger partial charge in [-0.3, -0.25) is 9.78 Å². The minimum atomic E-state index is -3.17. The van der Waals surface area contributed by atoms with Crippen LogP contribution in [-0.4, -0.2) is 45.3 Å². The first-order chi connectivity index (χ1) is 12.8. The zero-order valence-electron chi connectivity index (χ0n) is 15.2. The van der Waals surface area contributed by atoms with Gasteiger partial charge in [-0.1, -0.05) is 0 Å². The van der Waals surface area contributed by atoms with Gasteiger partial charge in [0.2, 0.25) is 0 Å². The molecule has 2 heterocycles. The predicted octanol–water partition coefficient (Wildman–Crippen LogP) is 1.88. The summed E-state index contributed by atoms with van der Waals surface area (Å²) in [5, 5.41) is 0. The minimum Gasteiger partial charge on any atom is -0.493 e. The summed E-state index contributed by atoms with van der Waals surface area (Å²) < 4.78 is 28.9. The van der Waals surface area contributed by atoms with Gasteiger partial charge in [0.1, 0.15) is 11.4 Å². The van der Waals surface area contributed by atoms with Crippen molar-refractivity contribution < 1.29 is 17.9 Å². The smallest absolute Gasteiger partial charge is 0.267 e. The van der Waals surface area contributed by atoms with Crippen LogP contribution >= 0.6 is 0 Å². The Labute approximate surface area is 159 Å². The molecule has 1 amide bonds. The molecule has 1 saturated heterocycles. The molecule has 0 saturated carbocycles. The van der Waals surface area contributed by atoms with Crippen molar-refractivity contribution in [2.45, 2.75) is 17.7 Å². The number of primary amides is 1. The van der Waals surface area contributed by atoms with Crippen LogP contribution in [0.5, 0.6) is 5.75 Å². The molecule has 1 aromatic carbocycles. The number of hydrogen-bond donors (Lipinski definition) is 1. The summed E-state index contributed by atoms with van der Waals surface area (Å²) in [6.45, 7) is 2.34. The Bertz CT molecular complexity index is 905. The number of pyridine rings is 1. The fourth-order valence-electron chi connectivity index (χ4n) is 3.11. The molecule has 1 aromatic heterocycles. The molecule has 3 rings (SSSR count). The van der Waals surface area contributed by atoms with Crippen LogP contribution in [0.2, 0.25) is 0 Å². The average Bonchev–Trinajstić information content (AvgIpc) is 2.66. The number of nitrogens with two attached hydrogens (primary N) is 1. The molecule has 0 radical (unpaired) electrons. The van der Waals surface area contributed by atoms with Crippen molar-refractivity contribution >= 4 is 21.4 Å². The third kappa shape index (κ3) is 4.97. The number of sulfone groups is 1. The number of aromatic nitrogens is 1. The molecule has 2 N–H and O–H groups in total. The molecule has 0 atom stereocenters. The second kappa shape index (κ2) is 7.96. The minimum absolute atomic E-state index is 0.194. The fraction of sp³-hybridized carbons (Fsp3) is 0.368. The van der Waals surface area contributed by atoms with E-state index in [0.717, 1.165) is 31.6 Å². The van der Waals surface area contributed by atoms with Crippen LogP contribution in [0.15, 0.2) is 47.5 Å². The number of carbonyl (C=O) groups excluding carboxylic acids is 1. The third-order valence-corrected chi connectivity index (χ3v) is 5.84. The first-order valence-corrected chi connectivity index (χ1v) is 10.7. The Morgan fingerprint density at radius 2 is 1.89 bits per heavy atom. The van der Waals surface area contributed by atoms with E-state index in [0.29, 0.717) is 23.2 Å². The van der Waals surface area contributed by atoms with Gasteiger partial charge in [0.05, 0.1) is 11.5 Å². The van der Waals surface area contributed by atoms with E-state index in [9.17, 15) is 13.2 Å². The van der Waals surface area contributed by atoms with Gasteiger partial charge >= 0.3 is 0 Å². The molecule has 0 aliphatic carbocycles. The topological polar surface area (TPSA) is 103 Å². The first-order valence-electron chi connectivity index (χ1n) is 8.76. The van der Waals surface area contributed by atoms with E-state index in [1.165, 1.54) is 12.5 Å². The molecule has 7 nitrogen and oxygen atoms in total. The van der Waals surface area contributed by atoms with E-state index >= 15 is 0 Å². The fourth-order valence-corrected chi connectivity index (χ4v) is 3.74. The molecule has 144 valence electrons. The second-order valence-electron chi connectivity index (χ2n) is 6.75. The van der Waals surface area contributed by atoms with Crippen LogP contribution in [-0.2, 0) is 9.84 Å². The normalized spacial score (nSPS) is 15.5. The van der Waals surface area contributed by atoms with Gasteiger partial charge in [-0.2, -0.15) is 0 Å². The van der Waals surface area contributed by atoms with Gasteiger partial charge in [-0.05, 0) is 49.1 Å². The van der Waals surface area contributed by atoms with Crippen LogP contribution in [0.3, 0.4) is 0 Å². The summed E-state index contributed by atoms with van der Waals surface area (Å²) in [6.07, 6.45) is 4.67. The average molecular weight is 389 g/mol. The maximum absolute atomic E-state index is 11.6. The number of carbonyl (C=O) groups is 1. The number of amides is 1. The van der Waals surface area contributed by atoms with Gasteiger partial charge in [0.15, 0.2) is 9.84 Å². The largest absolute Gasteiger partial charge is 0.493 e. The van der Waals surface area contributed by atoms with Crippen molar-refractivity contribution in [3.05, 3.63) is 48.3 Å². The quantitative estimate of drug-likeness (QED) is 0.809. The number of piperidine rings is 1. The Hall–Kier alpha value is -2.61. The molecular formula is C19H23N3O4S. The number of rotatable bonds is 6. The number of benzene rings is 1. The number of hydrogen-bond acceptors (Lipinski definition) is 6. The molecule has 1 aliphatic rings. The van der Waals surface area contributed by atoms with Gasteiger partial charge < -0.3 is 15.4 Å². The molecule has 0 spiro atoms. The zero-order chi connectivity index (χ0) is 19.4. The number of ether oxygens (including phenoxy) is 1. The Morgan fingerprint density at radius 3 is 2.48 bits per heavy atom. The van der Waals surface area contributed by atoms with Gasteiger partial charge in [-0.25, -0.2) is 8.42 Å². The summed E-state index contributed by atoms with van der Waals surface area (Å²) in [7, 11) is -3.17. The molecule has 2 aromatic rings. The van der Waals surface area contributed by atoms with Crippen molar-refractivity contribution in [1.82, 2.24) is 4.98 Å². The van der Waals surface area contributed by atoms with Gasteiger partial charge in [0, 0.05) is 37.3 Å². The van der Waals surface area contributed by atoms with E-state index in [-0.39, 0.29) is 5.69 Å². The third-order valence-electron chi connectivity index (χ3n) is 4.71. The Morgan fingerprint density at radius 1 is 1.22 bits per heavy atom. The Kier molecular flexibility index (Phi) is 5.65. The zero-order valence-corrected chi connectivity index (χ0v) is 16.0. The molecule has 0 unspecified atom stereocenters. The van der Waals surface area contributed by atoms with Crippen LogP contribution < -0.4 is 15.4 Å². The molecule has 1 aliphatic heterocycles. The number of nitrogens with zero attached hydrogens (tertiary/aromatic N) is 2. The Balaban J connectivity index is 1.52. The van der Waals surface area contributed by atoms with Crippen molar-refractivity contribution in [2.24, 2.45) is 11.7 Å². The lowest BCUT2D eigenvalue weighted by Crippen LogP contribution is -2.35. The summed E-state index contributed by atoms with van der Waals surface area (Å²) in [5.74, 6) is 0.440. The van der Waals surface area contributed by atoms with Crippen LogP contribution in [0, 0.1) is 5.92 Å². The number of anilines is 1. The highest BCUT2D eigenvalue weighted by Gasteiger charge is 2.20. The van der Waals surface area contributed by atoms with Crippen LogP contribution in [0.25, 0.3) is 0 Å². The molecular weight excluding hydrogens is 366 g/mol. The molecule has 27 heavy (non-hydrogen) atoms. The molecule has 0 bridgehead atoms. The molecule has 8 heteroatoms. The summed E-state index contributed by atoms with van der Waals surface area (Å²) >= 11 is 0. The second-order valence-corrected chi connectivity index (χ2v) is 8.76.